The molecule has 2 aromatic carbocycles. The number of ether oxygens (including phenoxy) is 1. The van der Waals surface area contributed by atoms with Crippen LogP contribution < -0.4 is 10.1 Å². The summed E-state index contributed by atoms with van der Waals surface area (Å²) in [6.07, 6.45) is -0.204. The van der Waals surface area contributed by atoms with E-state index >= 15 is 0 Å². The summed E-state index contributed by atoms with van der Waals surface area (Å²) in [5, 5.41) is 8.22. The number of aromatic nitrogens is 3. The van der Waals surface area contributed by atoms with E-state index in [1.807, 2.05) is 12.1 Å². The minimum atomic E-state index is -3.62. The van der Waals surface area contributed by atoms with Crippen LogP contribution in [0.3, 0.4) is 0 Å². The lowest BCUT2D eigenvalue weighted by Gasteiger charge is -2.08. The molecule has 0 saturated heterocycles. The first-order valence-corrected chi connectivity index (χ1v) is 12.4. The molecule has 0 saturated carbocycles. The number of rotatable bonds is 7. The molecular formula is C21H19ClN4O4S2. The van der Waals surface area contributed by atoms with Gasteiger partial charge < -0.3 is 10.1 Å². The Labute approximate surface area is 193 Å². The van der Waals surface area contributed by atoms with Crippen molar-refractivity contribution in [3.8, 4) is 10.9 Å². The second-order valence-electron chi connectivity index (χ2n) is 6.96. The normalized spacial score (nSPS) is 11.6. The van der Waals surface area contributed by atoms with Gasteiger partial charge in [-0.1, -0.05) is 29.0 Å². The van der Waals surface area contributed by atoms with Crippen molar-refractivity contribution >= 4 is 54.7 Å². The Morgan fingerprint density at radius 1 is 1.22 bits per heavy atom. The van der Waals surface area contributed by atoms with Crippen molar-refractivity contribution < 1.29 is 17.9 Å². The van der Waals surface area contributed by atoms with Crippen molar-refractivity contribution in [2.45, 2.75) is 18.2 Å². The molecule has 1 amide bonds. The number of carbonyl (C=O) groups is 1. The standard InChI is InChI=1S/C21H19ClN4O4S2/c1-13-12-18(26(25-13)21-24-20-16(22)4-3-5-17(20)31-21)23-19(27)10-11-32(28,29)15-8-6-14(30-2)7-9-15/h3-9,12H,10-11H2,1-2H3,(H,23,27). The van der Waals surface area contributed by atoms with Gasteiger partial charge in [0.05, 0.1) is 33.2 Å². The molecule has 2 heterocycles. The third kappa shape index (κ3) is 4.62. The van der Waals surface area contributed by atoms with Gasteiger partial charge in [-0.25, -0.2) is 13.4 Å². The Bertz CT molecular complexity index is 1400. The molecule has 0 aliphatic heterocycles. The molecule has 0 fully saturated rings. The van der Waals surface area contributed by atoms with Crippen LogP contribution in [-0.2, 0) is 14.6 Å². The fourth-order valence-corrected chi connectivity index (χ4v) is 5.53. The maximum Gasteiger partial charge on any atom is 0.226 e. The molecule has 4 rings (SSSR count). The highest BCUT2D eigenvalue weighted by molar-refractivity contribution is 7.91. The van der Waals surface area contributed by atoms with E-state index in [9.17, 15) is 13.2 Å². The van der Waals surface area contributed by atoms with Crippen LogP contribution in [0, 0.1) is 6.92 Å². The minimum absolute atomic E-state index is 0.137. The van der Waals surface area contributed by atoms with Crippen LogP contribution in [0.5, 0.6) is 5.75 Å². The lowest BCUT2D eigenvalue weighted by atomic mass is 10.3. The van der Waals surface area contributed by atoms with Gasteiger partial charge in [0.25, 0.3) is 0 Å². The number of halogens is 1. The molecule has 166 valence electrons. The van der Waals surface area contributed by atoms with Gasteiger partial charge in [-0.3, -0.25) is 4.79 Å². The highest BCUT2D eigenvalue weighted by Gasteiger charge is 2.19. The van der Waals surface area contributed by atoms with Crippen molar-refractivity contribution in [3.05, 3.63) is 59.2 Å². The Morgan fingerprint density at radius 2 is 1.97 bits per heavy atom. The Balaban J connectivity index is 1.49. The Morgan fingerprint density at radius 3 is 2.66 bits per heavy atom. The summed E-state index contributed by atoms with van der Waals surface area (Å²) >= 11 is 7.60. The number of hydrogen-bond acceptors (Lipinski definition) is 7. The topological polar surface area (TPSA) is 103 Å². The number of nitrogens with one attached hydrogen (secondary N) is 1. The van der Waals surface area contributed by atoms with E-state index in [0.29, 0.717) is 32.9 Å². The van der Waals surface area contributed by atoms with Gasteiger partial charge in [0.1, 0.15) is 17.1 Å². The number of amides is 1. The average Bonchev–Trinajstić information content (AvgIpc) is 3.36. The quantitative estimate of drug-likeness (QED) is 0.415. The largest absolute Gasteiger partial charge is 0.497 e. The second kappa shape index (κ2) is 8.89. The molecule has 0 spiro atoms. The van der Waals surface area contributed by atoms with Gasteiger partial charge in [-0.2, -0.15) is 9.78 Å². The SMILES string of the molecule is COc1ccc(S(=O)(=O)CCC(=O)Nc2cc(C)nn2-c2nc3c(Cl)cccc3s2)cc1. The van der Waals surface area contributed by atoms with E-state index in [4.69, 9.17) is 16.3 Å². The van der Waals surface area contributed by atoms with Crippen LogP contribution in [0.4, 0.5) is 5.82 Å². The molecule has 11 heteroatoms. The summed E-state index contributed by atoms with van der Waals surface area (Å²) in [6, 6.07) is 13.3. The van der Waals surface area contributed by atoms with Gasteiger partial charge >= 0.3 is 0 Å². The summed E-state index contributed by atoms with van der Waals surface area (Å²) in [5.41, 5.74) is 1.33. The minimum Gasteiger partial charge on any atom is -0.497 e. The Hall–Kier alpha value is -2.95. The summed E-state index contributed by atoms with van der Waals surface area (Å²) in [4.78, 5) is 17.2. The number of aryl methyl sites for hydroxylation is 1. The first-order chi connectivity index (χ1) is 15.3. The highest BCUT2D eigenvalue weighted by Crippen LogP contribution is 2.31. The van der Waals surface area contributed by atoms with Gasteiger partial charge in [0.2, 0.25) is 11.0 Å². The number of hydrogen-bond donors (Lipinski definition) is 1. The maximum absolute atomic E-state index is 12.6. The second-order valence-corrected chi connectivity index (χ2v) is 10.5. The predicted molar refractivity (Wildman–Crippen MR) is 125 cm³/mol. The van der Waals surface area contributed by atoms with Crippen molar-refractivity contribution in [2.24, 2.45) is 0 Å². The van der Waals surface area contributed by atoms with Crippen LogP contribution in [0.2, 0.25) is 5.02 Å². The number of carbonyl (C=O) groups excluding carboxylic acids is 1. The van der Waals surface area contributed by atoms with Crippen molar-refractivity contribution in [2.75, 3.05) is 18.2 Å². The summed E-state index contributed by atoms with van der Waals surface area (Å²) in [5.74, 6) is 0.197. The van der Waals surface area contributed by atoms with E-state index in [0.717, 1.165) is 4.70 Å². The zero-order valence-corrected chi connectivity index (χ0v) is 19.6. The molecule has 0 bridgehead atoms. The van der Waals surface area contributed by atoms with Crippen LogP contribution in [0.25, 0.3) is 15.3 Å². The lowest BCUT2D eigenvalue weighted by molar-refractivity contribution is -0.115. The molecule has 8 nitrogen and oxygen atoms in total. The first kappa shape index (κ1) is 22.3. The van der Waals surface area contributed by atoms with Gasteiger partial charge in [0.15, 0.2) is 9.84 Å². The van der Waals surface area contributed by atoms with Gasteiger partial charge in [-0.05, 0) is 43.3 Å². The number of nitrogens with zero attached hydrogens (tertiary/aromatic N) is 3. The summed E-state index contributed by atoms with van der Waals surface area (Å²) < 4.78 is 32.6. The highest BCUT2D eigenvalue weighted by atomic mass is 35.5. The van der Waals surface area contributed by atoms with Crippen molar-refractivity contribution in [3.63, 3.8) is 0 Å². The van der Waals surface area contributed by atoms with E-state index in [-0.39, 0.29) is 17.1 Å². The first-order valence-electron chi connectivity index (χ1n) is 9.55. The maximum atomic E-state index is 12.6. The molecule has 0 aliphatic carbocycles. The zero-order chi connectivity index (χ0) is 22.9. The fraction of sp³-hybridized carbons (Fsp3) is 0.190. The molecule has 0 atom stereocenters. The van der Waals surface area contributed by atoms with Crippen LogP contribution in [-0.4, -0.2) is 42.0 Å². The zero-order valence-electron chi connectivity index (χ0n) is 17.2. The third-order valence-corrected chi connectivity index (χ3v) is 7.69. The number of anilines is 1. The summed E-state index contributed by atoms with van der Waals surface area (Å²) in [6.45, 7) is 1.79. The van der Waals surface area contributed by atoms with Crippen LogP contribution >= 0.6 is 22.9 Å². The Kier molecular flexibility index (Phi) is 6.18. The van der Waals surface area contributed by atoms with Gasteiger partial charge in [0, 0.05) is 12.5 Å². The van der Waals surface area contributed by atoms with E-state index in [1.54, 1.807) is 31.2 Å². The molecule has 0 unspecified atom stereocenters. The van der Waals surface area contributed by atoms with Crippen molar-refractivity contribution in [1.82, 2.24) is 14.8 Å². The van der Waals surface area contributed by atoms with E-state index < -0.39 is 15.7 Å². The number of para-hydroxylation sites is 1. The van der Waals surface area contributed by atoms with Crippen LogP contribution in [0.1, 0.15) is 12.1 Å². The number of fused-ring (bicyclic) bond motifs is 1. The number of benzene rings is 2. The molecule has 1 N–H and O–H groups in total. The molecule has 0 aliphatic rings. The van der Waals surface area contributed by atoms with E-state index in [2.05, 4.69) is 15.4 Å². The molecule has 4 aromatic rings. The predicted octanol–water partition coefficient (Wildman–Crippen LogP) is 4.25. The number of thiazole rings is 1. The van der Waals surface area contributed by atoms with Gasteiger partial charge in [-0.15, -0.1) is 0 Å². The smallest absolute Gasteiger partial charge is 0.226 e. The lowest BCUT2D eigenvalue weighted by Crippen LogP contribution is -2.19. The molecule has 32 heavy (non-hydrogen) atoms. The number of sulfone groups is 1. The molecule has 2 aromatic heterocycles. The molecular weight excluding hydrogens is 472 g/mol. The third-order valence-electron chi connectivity index (χ3n) is 4.66. The average molecular weight is 491 g/mol. The number of methoxy groups -OCH3 is 1. The molecule has 0 radical (unpaired) electrons. The summed E-state index contributed by atoms with van der Waals surface area (Å²) in [7, 11) is -2.11. The van der Waals surface area contributed by atoms with E-state index in [1.165, 1.54) is 35.3 Å². The fourth-order valence-electron chi connectivity index (χ4n) is 3.06. The van der Waals surface area contributed by atoms with Crippen LogP contribution in [0.15, 0.2) is 53.4 Å². The monoisotopic (exact) mass is 490 g/mol. The van der Waals surface area contributed by atoms with Crippen molar-refractivity contribution in [1.29, 1.82) is 0 Å².